The van der Waals surface area contributed by atoms with Gasteiger partial charge in [-0.05, 0) is 46.0 Å². The number of aliphatic hydroxyl groups excluding tert-OH is 1. The second kappa shape index (κ2) is 17.3. The molecule has 1 atom stereocenters. The largest absolute Gasteiger partial charge is 0.396 e. The second-order valence-electron chi connectivity index (χ2n) is 5.59. The van der Waals surface area contributed by atoms with Gasteiger partial charge in [-0.1, -0.05) is 13.3 Å². The minimum Gasteiger partial charge on any atom is -0.396 e. The molecule has 22 heavy (non-hydrogen) atoms. The van der Waals surface area contributed by atoms with E-state index in [0.29, 0.717) is 12.0 Å². The lowest BCUT2D eigenvalue weighted by Gasteiger charge is -2.15. The molecule has 0 spiro atoms. The van der Waals surface area contributed by atoms with Crippen molar-refractivity contribution in [2.24, 2.45) is 10.9 Å². The molecule has 0 radical (unpaired) electrons. The third-order valence-corrected chi connectivity index (χ3v) is 3.15. The maximum Gasteiger partial charge on any atom is 0.191 e. The average molecular weight is 429 g/mol. The van der Waals surface area contributed by atoms with Crippen molar-refractivity contribution in [2.75, 3.05) is 32.8 Å². The van der Waals surface area contributed by atoms with Crippen LogP contribution in [0, 0.1) is 5.92 Å². The van der Waals surface area contributed by atoms with Crippen LogP contribution in [0.1, 0.15) is 53.4 Å². The molecule has 0 aliphatic rings. The van der Waals surface area contributed by atoms with E-state index in [1.54, 1.807) is 0 Å². The van der Waals surface area contributed by atoms with E-state index in [4.69, 9.17) is 9.84 Å². The van der Waals surface area contributed by atoms with Crippen molar-refractivity contribution in [2.45, 2.75) is 59.5 Å². The smallest absolute Gasteiger partial charge is 0.191 e. The fraction of sp³-hybridized carbons (Fsp3) is 0.938. The van der Waals surface area contributed by atoms with Gasteiger partial charge in [0, 0.05) is 32.8 Å². The van der Waals surface area contributed by atoms with Gasteiger partial charge in [0.25, 0.3) is 0 Å². The predicted molar refractivity (Wildman–Crippen MR) is 105 cm³/mol. The molecule has 0 fully saturated rings. The molecule has 5 nitrogen and oxygen atoms in total. The third-order valence-electron chi connectivity index (χ3n) is 3.15. The molecule has 0 amide bonds. The Kier molecular flexibility index (Phi) is 19.0. The maximum atomic E-state index is 9.08. The number of aliphatic hydroxyl groups is 1. The molecule has 0 bridgehead atoms. The van der Waals surface area contributed by atoms with E-state index in [0.717, 1.165) is 57.9 Å². The molecule has 0 saturated carbocycles. The first kappa shape index (κ1) is 24.2. The number of rotatable bonds is 12. The van der Waals surface area contributed by atoms with E-state index in [2.05, 4.69) is 29.5 Å². The van der Waals surface area contributed by atoms with E-state index in [1.807, 2.05) is 13.8 Å². The minimum atomic E-state index is 0. The minimum absolute atomic E-state index is 0. The molecule has 0 aliphatic carbocycles. The van der Waals surface area contributed by atoms with Crippen LogP contribution in [0.15, 0.2) is 4.99 Å². The molecule has 0 aliphatic heterocycles. The second-order valence-corrected chi connectivity index (χ2v) is 5.59. The van der Waals surface area contributed by atoms with Gasteiger partial charge in [-0.2, -0.15) is 0 Å². The van der Waals surface area contributed by atoms with Crippen LogP contribution in [0.4, 0.5) is 0 Å². The lowest BCUT2D eigenvalue weighted by molar-refractivity contribution is 0.0776. The van der Waals surface area contributed by atoms with E-state index in [1.165, 1.54) is 0 Å². The number of guanidine groups is 1. The van der Waals surface area contributed by atoms with Crippen molar-refractivity contribution in [3.05, 3.63) is 0 Å². The first-order valence-electron chi connectivity index (χ1n) is 8.38. The van der Waals surface area contributed by atoms with Gasteiger partial charge in [0.15, 0.2) is 5.96 Å². The Balaban J connectivity index is 0. The van der Waals surface area contributed by atoms with Crippen LogP contribution >= 0.6 is 24.0 Å². The molecule has 0 aromatic carbocycles. The number of halogens is 1. The molecule has 0 rings (SSSR count). The highest BCUT2D eigenvalue weighted by Crippen LogP contribution is 2.10. The summed E-state index contributed by atoms with van der Waals surface area (Å²) in [5, 5.41) is 15.7. The predicted octanol–water partition coefficient (Wildman–Crippen LogP) is 2.77. The van der Waals surface area contributed by atoms with Crippen molar-refractivity contribution in [1.82, 2.24) is 10.6 Å². The Bertz CT molecular complexity index is 258. The van der Waals surface area contributed by atoms with Crippen molar-refractivity contribution in [3.8, 4) is 0 Å². The van der Waals surface area contributed by atoms with Gasteiger partial charge in [-0.15, -0.1) is 24.0 Å². The maximum absolute atomic E-state index is 9.08. The van der Waals surface area contributed by atoms with Gasteiger partial charge >= 0.3 is 0 Å². The van der Waals surface area contributed by atoms with Crippen LogP contribution in [0.25, 0.3) is 0 Å². The highest BCUT2D eigenvalue weighted by molar-refractivity contribution is 14.0. The summed E-state index contributed by atoms with van der Waals surface area (Å²) in [6.45, 7) is 11.8. The number of hydrogen-bond acceptors (Lipinski definition) is 3. The van der Waals surface area contributed by atoms with Crippen molar-refractivity contribution in [1.29, 1.82) is 0 Å². The fourth-order valence-corrected chi connectivity index (χ4v) is 2.08. The summed E-state index contributed by atoms with van der Waals surface area (Å²) in [6, 6.07) is 0. The SMILES string of the molecule is CCCC(CCO)CN=C(NCC)NCCCOC(C)C.I. The Morgan fingerprint density at radius 1 is 1.18 bits per heavy atom. The Morgan fingerprint density at radius 3 is 2.45 bits per heavy atom. The Labute approximate surface area is 153 Å². The zero-order chi connectivity index (χ0) is 15.9. The van der Waals surface area contributed by atoms with Crippen molar-refractivity contribution < 1.29 is 9.84 Å². The van der Waals surface area contributed by atoms with Crippen LogP contribution < -0.4 is 10.6 Å². The van der Waals surface area contributed by atoms with Gasteiger partial charge in [-0.3, -0.25) is 4.99 Å². The summed E-state index contributed by atoms with van der Waals surface area (Å²) < 4.78 is 5.52. The summed E-state index contributed by atoms with van der Waals surface area (Å²) in [5.41, 5.74) is 0. The van der Waals surface area contributed by atoms with Gasteiger partial charge in [0.1, 0.15) is 0 Å². The zero-order valence-corrected chi connectivity index (χ0v) is 17.1. The monoisotopic (exact) mass is 429 g/mol. The normalized spacial score (nSPS) is 12.9. The van der Waals surface area contributed by atoms with Crippen molar-refractivity contribution in [3.63, 3.8) is 0 Å². The van der Waals surface area contributed by atoms with E-state index in [9.17, 15) is 0 Å². The molecule has 3 N–H and O–H groups in total. The van der Waals surface area contributed by atoms with Crippen LogP contribution in [0.5, 0.6) is 0 Å². The summed E-state index contributed by atoms with van der Waals surface area (Å²) in [7, 11) is 0. The molecule has 1 unspecified atom stereocenters. The number of nitrogens with one attached hydrogen (secondary N) is 2. The standard InChI is InChI=1S/C16H35N3O2.HI/c1-5-8-15(9-11-20)13-19-16(17-6-2)18-10-7-12-21-14(3)4;/h14-15,20H,5-13H2,1-4H3,(H2,17,18,19);1H. The molecule has 6 heteroatoms. The lowest BCUT2D eigenvalue weighted by Crippen LogP contribution is -2.38. The van der Waals surface area contributed by atoms with Crippen molar-refractivity contribution >= 4 is 29.9 Å². The number of hydrogen-bond donors (Lipinski definition) is 3. The van der Waals surface area contributed by atoms with Crippen LogP contribution in [0.2, 0.25) is 0 Å². The van der Waals surface area contributed by atoms with Gasteiger partial charge < -0.3 is 20.5 Å². The third kappa shape index (κ3) is 14.8. The Hall–Kier alpha value is -0.0800. The molecule has 134 valence electrons. The van der Waals surface area contributed by atoms with E-state index < -0.39 is 0 Å². The molecule has 0 saturated heterocycles. The lowest BCUT2D eigenvalue weighted by atomic mass is 10.0. The van der Waals surface area contributed by atoms with E-state index >= 15 is 0 Å². The number of ether oxygens (including phenoxy) is 1. The molecule has 0 aromatic rings. The first-order valence-corrected chi connectivity index (χ1v) is 8.38. The highest BCUT2D eigenvalue weighted by Gasteiger charge is 2.07. The van der Waals surface area contributed by atoms with Crippen LogP contribution in [0.3, 0.4) is 0 Å². The Morgan fingerprint density at radius 2 is 1.91 bits per heavy atom. The average Bonchev–Trinajstić information content (AvgIpc) is 2.44. The zero-order valence-electron chi connectivity index (χ0n) is 14.7. The molecule has 0 heterocycles. The van der Waals surface area contributed by atoms with Gasteiger partial charge in [-0.25, -0.2) is 0 Å². The van der Waals surface area contributed by atoms with Crippen LogP contribution in [-0.4, -0.2) is 50.0 Å². The molecular weight excluding hydrogens is 393 g/mol. The van der Waals surface area contributed by atoms with E-state index in [-0.39, 0.29) is 30.6 Å². The quantitative estimate of drug-likeness (QED) is 0.193. The topological polar surface area (TPSA) is 65.9 Å². The summed E-state index contributed by atoms with van der Waals surface area (Å²) >= 11 is 0. The fourth-order valence-electron chi connectivity index (χ4n) is 2.08. The van der Waals surface area contributed by atoms with Crippen LogP contribution in [-0.2, 0) is 4.74 Å². The first-order chi connectivity index (χ1) is 10.1. The van der Waals surface area contributed by atoms with Gasteiger partial charge in [0.05, 0.1) is 6.10 Å². The molecular formula is C16H36IN3O2. The summed E-state index contributed by atoms with van der Waals surface area (Å²) in [4.78, 5) is 4.63. The highest BCUT2D eigenvalue weighted by atomic mass is 127. The number of nitrogens with zero attached hydrogens (tertiary/aromatic N) is 1. The molecule has 0 aromatic heterocycles. The number of aliphatic imine (C=N–C) groups is 1. The van der Waals surface area contributed by atoms with Gasteiger partial charge in [0.2, 0.25) is 0 Å². The summed E-state index contributed by atoms with van der Waals surface area (Å²) in [5.74, 6) is 1.33. The summed E-state index contributed by atoms with van der Waals surface area (Å²) in [6.07, 6.45) is 4.35.